The standard InChI is InChI=1S/C12H14F3NO/c1-8(16-6-11(17)7-16)9-3-2-4-10(5-9)12(13,14)15/h2-5,8,11,17H,6-7H2,1H3/t8-/m0/s1. The molecule has 17 heavy (non-hydrogen) atoms. The lowest BCUT2D eigenvalue weighted by atomic mass is 10.00. The highest BCUT2D eigenvalue weighted by Gasteiger charge is 2.33. The van der Waals surface area contributed by atoms with Crippen LogP contribution in [0.25, 0.3) is 0 Å². The molecule has 0 saturated carbocycles. The largest absolute Gasteiger partial charge is 0.416 e. The van der Waals surface area contributed by atoms with Crippen LogP contribution in [0.15, 0.2) is 24.3 Å². The summed E-state index contributed by atoms with van der Waals surface area (Å²) in [6, 6.07) is 5.26. The Balaban J connectivity index is 2.16. The van der Waals surface area contributed by atoms with E-state index in [1.54, 1.807) is 6.07 Å². The predicted molar refractivity (Wildman–Crippen MR) is 57.4 cm³/mol. The highest BCUT2D eigenvalue weighted by Crippen LogP contribution is 2.32. The Hall–Kier alpha value is -1.07. The van der Waals surface area contributed by atoms with E-state index in [1.165, 1.54) is 12.1 Å². The number of hydrogen-bond donors (Lipinski definition) is 1. The predicted octanol–water partition coefficient (Wildman–Crippen LogP) is 2.44. The smallest absolute Gasteiger partial charge is 0.390 e. The number of hydrogen-bond acceptors (Lipinski definition) is 2. The second-order valence-corrected chi connectivity index (χ2v) is 4.41. The monoisotopic (exact) mass is 245 g/mol. The number of aliphatic hydroxyl groups excluding tert-OH is 1. The SMILES string of the molecule is C[C@@H](c1cccc(C(F)(F)F)c1)N1CC(O)C1. The lowest BCUT2D eigenvalue weighted by Gasteiger charge is -2.40. The summed E-state index contributed by atoms with van der Waals surface area (Å²) < 4.78 is 37.6. The topological polar surface area (TPSA) is 23.5 Å². The molecule has 94 valence electrons. The molecule has 5 heteroatoms. The second kappa shape index (κ2) is 4.31. The fourth-order valence-electron chi connectivity index (χ4n) is 1.99. The summed E-state index contributed by atoms with van der Waals surface area (Å²) in [5.41, 5.74) is 0.00893. The average Bonchev–Trinajstić information content (AvgIpc) is 2.23. The maximum absolute atomic E-state index is 12.5. The zero-order chi connectivity index (χ0) is 12.6. The Morgan fingerprint density at radius 1 is 1.35 bits per heavy atom. The molecule has 0 bridgehead atoms. The van der Waals surface area contributed by atoms with Crippen molar-refractivity contribution in [3.63, 3.8) is 0 Å². The van der Waals surface area contributed by atoms with Crippen molar-refractivity contribution in [1.82, 2.24) is 4.90 Å². The Bertz CT molecular complexity index is 399. The molecule has 1 aromatic rings. The maximum Gasteiger partial charge on any atom is 0.416 e. The Morgan fingerprint density at radius 3 is 2.53 bits per heavy atom. The number of halogens is 3. The Morgan fingerprint density at radius 2 is 2.00 bits per heavy atom. The molecule has 0 unspecified atom stereocenters. The molecule has 2 nitrogen and oxygen atoms in total. The van der Waals surface area contributed by atoms with E-state index in [0.717, 1.165) is 6.07 Å². The molecule has 1 N–H and O–H groups in total. The molecular formula is C12H14F3NO. The van der Waals surface area contributed by atoms with Gasteiger partial charge in [0.05, 0.1) is 11.7 Å². The molecule has 1 atom stereocenters. The van der Waals surface area contributed by atoms with Gasteiger partial charge in [-0.1, -0.05) is 12.1 Å². The molecule has 0 amide bonds. The van der Waals surface area contributed by atoms with E-state index in [1.807, 2.05) is 11.8 Å². The zero-order valence-corrected chi connectivity index (χ0v) is 9.41. The lowest BCUT2D eigenvalue weighted by molar-refractivity contribution is -0.137. The van der Waals surface area contributed by atoms with Crippen molar-refractivity contribution >= 4 is 0 Å². The third-order valence-corrected chi connectivity index (χ3v) is 3.13. The van der Waals surface area contributed by atoms with E-state index in [2.05, 4.69) is 0 Å². The fourth-order valence-corrected chi connectivity index (χ4v) is 1.99. The molecule has 0 radical (unpaired) electrons. The first-order valence-corrected chi connectivity index (χ1v) is 5.47. The van der Waals surface area contributed by atoms with Gasteiger partial charge in [-0.05, 0) is 24.6 Å². The van der Waals surface area contributed by atoms with Gasteiger partial charge in [0.1, 0.15) is 0 Å². The average molecular weight is 245 g/mol. The number of likely N-dealkylation sites (tertiary alicyclic amines) is 1. The van der Waals surface area contributed by atoms with Gasteiger partial charge >= 0.3 is 6.18 Å². The van der Waals surface area contributed by atoms with Crippen LogP contribution in [-0.2, 0) is 6.18 Å². The van der Waals surface area contributed by atoms with E-state index in [9.17, 15) is 18.3 Å². The number of rotatable bonds is 2. The van der Waals surface area contributed by atoms with Gasteiger partial charge < -0.3 is 5.11 Å². The molecule has 1 aliphatic heterocycles. The van der Waals surface area contributed by atoms with Crippen LogP contribution in [0.1, 0.15) is 24.1 Å². The maximum atomic E-state index is 12.5. The van der Waals surface area contributed by atoms with E-state index >= 15 is 0 Å². The minimum Gasteiger partial charge on any atom is -0.390 e. The molecule has 0 aromatic heterocycles. The summed E-state index contributed by atoms with van der Waals surface area (Å²) in [6.07, 6.45) is -4.65. The molecule has 0 aliphatic carbocycles. The van der Waals surface area contributed by atoms with E-state index in [-0.39, 0.29) is 12.1 Å². The first-order valence-electron chi connectivity index (χ1n) is 5.47. The van der Waals surface area contributed by atoms with Gasteiger partial charge in [0.2, 0.25) is 0 Å². The van der Waals surface area contributed by atoms with Gasteiger partial charge in [0.25, 0.3) is 0 Å². The van der Waals surface area contributed by atoms with Crippen LogP contribution in [0.4, 0.5) is 13.2 Å². The summed E-state index contributed by atoms with van der Waals surface area (Å²) in [5.74, 6) is 0. The summed E-state index contributed by atoms with van der Waals surface area (Å²) in [4.78, 5) is 1.94. The normalized spacial score (nSPS) is 20.1. The zero-order valence-electron chi connectivity index (χ0n) is 9.41. The summed E-state index contributed by atoms with van der Waals surface area (Å²) in [7, 11) is 0. The van der Waals surface area contributed by atoms with E-state index in [0.29, 0.717) is 18.7 Å². The molecule has 0 spiro atoms. The minimum atomic E-state index is -4.30. The van der Waals surface area contributed by atoms with E-state index in [4.69, 9.17) is 0 Å². The number of alkyl halides is 3. The highest BCUT2D eigenvalue weighted by atomic mass is 19.4. The first-order chi connectivity index (χ1) is 7.88. The van der Waals surface area contributed by atoms with Crippen LogP contribution in [0.5, 0.6) is 0 Å². The van der Waals surface area contributed by atoms with Gasteiger partial charge in [-0.2, -0.15) is 13.2 Å². The Kier molecular flexibility index (Phi) is 3.14. The van der Waals surface area contributed by atoms with Crippen molar-refractivity contribution in [2.24, 2.45) is 0 Å². The quantitative estimate of drug-likeness (QED) is 0.865. The summed E-state index contributed by atoms with van der Waals surface area (Å²) in [5, 5.41) is 9.18. The van der Waals surface area contributed by atoms with Gasteiger partial charge in [0, 0.05) is 19.1 Å². The van der Waals surface area contributed by atoms with Crippen molar-refractivity contribution in [2.45, 2.75) is 25.2 Å². The molecule has 1 aromatic carbocycles. The molecule has 1 aliphatic rings. The molecular weight excluding hydrogens is 231 g/mol. The van der Waals surface area contributed by atoms with Crippen molar-refractivity contribution in [1.29, 1.82) is 0 Å². The van der Waals surface area contributed by atoms with Gasteiger partial charge in [-0.15, -0.1) is 0 Å². The van der Waals surface area contributed by atoms with Crippen LogP contribution in [0.2, 0.25) is 0 Å². The van der Waals surface area contributed by atoms with Crippen LogP contribution < -0.4 is 0 Å². The molecule has 1 fully saturated rings. The summed E-state index contributed by atoms with van der Waals surface area (Å²) >= 11 is 0. The third-order valence-electron chi connectivity index (χ3n) is 3.13. The fraction of sp³-hybridized carbons (Fsp3) is 0.500. The lowest BCUT2D eigenvalue weighted by Crippen LogP contribution is -2.51. The van der Waals surface area contributed by atoms with Crippen LogP contribution in [-0.4, -0.2) is 29.2 Å². The van der Waals surface area contributed by atoms with Crippen molar-refractivity contribution in [2.75, 3.05) is 13.1 Å². The first kappa shape index (κ1) is 12.4. The van der Waals surface area contributed by atoms with E-state index < -0.39 is 11.7 Å². The minimum absolute atomic E-state index is 0.0966. The third kappa shape index (κ3) is 2.61. The second-order valence-electron chi connectivity index (χ2n) is 4.41. The van der Waals surface area contributed by atoms with Gasteiger partial charge in [-0.25, -0.2) is 0 Å². The van der Waals surface area contributed by atoms with Crippen LogP contribution >= 0.6 is 0 Å². The van der Waals surface area contributed by atoms with Crippen molar-refractivity contribution < 1.29 is 18.3 Å². The highest BCUT2D eigenvalue weighted by molar-refractivity contribution is 5.28. The number of aliphatic hydroxyl groups is 1. The number of β-amino-alcohol motifs (C(OH)–C–C–N with tert-alkyl or cyclic N) is 1. The summed E-state index contributed by atoms with van der Waals surface area (Å²) in [6.45, 7) is 2.90. The van der Waals surface area contributed by atoms with Crippen molar-refractivity contribution in [3.05, 3.63) is 35.4 Å². The molecule has 1 heterocycles. The number of nitrogens with zero attached hydrogens (tertiary/aromatic N) is 1. The Labute approximate surface area is 97.7 Å². The van der Waals surface area contributed by atoms with Crippen molar-refractivity contribution in [3.8, 4) is 0 Å². The molecule has 1 saturated heterocycles. The molecule has 2 rings (SSSR count). The number of benzene rings is 1. The van der Waals surface area contributed by atoms with Gasteiger partial charge in [0.15, 0.2) is 0 Å². The van der Waals surface area contributed by atoms with Gasteiger partial charge in [-0.3, -0.25) is 4.90 Å². The van der Waals surface area contributed by atoms with Crippen LogP contribution in [0, 0.1) is 0 Å². The van der Waals surface area contributed by atoms with Crippen LogP contribution in [0.3, 0.4) is 0 Å².